The molecule has 4 rings (SSSR count). The van der Waals surface area contributed by atoms with Gasteiger partial charge in [0.15, 0.2) is 0 Å². The van der Waals surface area contributed by atoms with Crippen LogP contribution < -0.4 is 0 Å². The van der Waals surface area contributed by atoms with Crippen LogP contribution in [-0.2, 0) is 22.6 Å². The number of nitrogens with zero attached hydrogens (tertiary/aromatic N) is 2. The van der Waals surface area contributed by atoms with Crippen LogP contribution in [0.3, 0.4) is 0 Å². The van der Waals surface area contributed by atoms with Gasteiger partial charge in [0, 0.05) is 42.8 Å². The maximum absolute atomic E-state index is 11.1. The van der Waals surface area contributed by atoms with Crippen molar-refractivity contribution < 1.29 is 19.7 Å². The van der Waals surface area contributed by atoms with Gasteiger partial charge in [0.25, 0.3) is 0 Å². The molecule has 2 fully saturated rings. The highest BCUT2D eigenvalue weighted by Gasteiger charge is 2.49. The minimum atomic E-state index is -0.758. The Bertz CT molecular complexity index is 886. The lowest BCUT2D eigenvalue weighted by molar-refractivity contribution is -0.0331. The highest BCUT2D eigenvalue weighted by molar-refractivity contribution is 6.30. The SMILES string of the molecule is COC[C@@H]1CCCN1[C@H]1[C@H](O)[C@H](CO)O[C@@H]1CN(Cc1cccc(Cl)c1)Cc1cccc(Cl)c1. The lowest BCUT2D eigenvalue weighted by Gasteiger charge is -2.36. The zero-order valence-corrected chi connectivity index (χ0v) is 21.0. The van der Waals surface area contributed by atoms with E-state index in [1.807, 2.05) is 36.4 Å². The first-order chi connectivity index (χ1) is 16.5. The second-order valence-electron chi connectivity index (χ2n) is 9.30. The Morgan fingerprint density at radius 2 is 1.71 bits per heavy atom. The number of hydrogen-bond donors (Lipinski definition) is 2. The van der Waals surface area contributed by atoms with Crippen molar-refractivity contribution in [2.24, 2.45) is 0 Å². The molecule has 2 aliphatic rings. The van der Waals surface area contributed by atoms with Gasteiger partial charge in [-0.1, -0.05) is 47.5 Å². The number of hydrogen-bond acceptors (Lipinski definition) is 6. The largest absolute Gasteiger partial charge is 0.394 e. The van der Waals surface area contributed by atoms with Crippen molar-refractivity contribution >= 4 is 23.2 Å². The molecule has 2 N–H and O–H groups in total. The van der Waals surface area contributed by atoms with E-state index in [0.29, 0.717) is 36.3 Å². The molecule has 0 bridgehead atoms. The number of halogens is 2. The zero-order chi connectivity index (χ0) is 24.1. The predicted octanol–water partition coefficient (Wildman–Crippen LogP) is 3.60. The number of aliphatic hydroxyl groups excluding tert-OH is 2. The van der Waals surface area contributed by atoms with E-state index >= 15 is 0 Å². The molecule has 2 heterocycles. The molecule has 2 aromatic carbocycles. The number of rotatable bonds is 10. The van der Waals surface area contributed by atoms with Crippen molar-refractivity contribution in [2.45, 2.75) is 56.3 Å². The Morgan fingerprint density at radius 3 is 2.26 bits per heavy atom. The summed E-state index contributed by atoms with van der Waals surface area (Å²) in [6.45, 7) is 3.22. The van der Waals surface area contributed by atoms with Gasteiger partial charge >= 0.3 is 0 Å². The number of likely N-dealkylation sites (tertiary alicyclic amines) is 1. The summed E-state index contributed by atoms with van der Waals surface area (Å²) in [4.78, 5) is 4.62. The minimum absolute atomic E-state index is 0.207. The van der Waals surface area contributed by atoms with E-state index in [0.717, 1.165) is 30.5 Å². The summed E-state index contributed by atoms with van der Waals surface area (Å²) in [5.74, 6) is 0. The monoisotopic (exact) mass is 508 g/mol. The highest BCUT2D eigenvalue weighted by atomic mass is 35.5. The van der Waals surface area contributed by atoms with E-state index < -0.39 is 12.2 Å². The molecule has 8 heteroatoms. The molecule has 5 atom stereocenters. The van der Waals surface area contributed by atoms with E-state index in [2.05, 4.69) is 21.9 Å². The van der Waals surface area contributed by atoms with Gasteiger partial charge in [-0.3, -0.25) is 9.80 Å². The van der Waals surface area contributed by atoms with Crippen molar-refractivity contribution in [2.75, 3.05) is 33.4 Å². The average molecular weight is 509 g/mol. The van der Waals surface area contributed by atoms with Crippen molar-refractivity contribution in [3.63, 3.8) is 0 Å². The molecule has 0 spiro atoms. The Hall–Kier alpha value is -1.22. The van der Waals surface area contributed by atoms with Gasteiger partial charge in [0.1, 0.15) is 12.2 Å². The van der Waals surface area contributed by atoms with Crippen LogP contribution in [0.4, 0.5) is 0 Å². The third-order valence-electron chi connectivity index (χ3n) is 6.83. The summed E-state index contributed by atoms with van der Waals surface area (Å²) in [6.07, 6.45) is 0.470. The summed E-state index contributed by atoms with van der Waals surface area (Å²) in [6, 6.07) is 15.7. The fourth-order valence-electron chi connectivity index (χ4n) is 5.39. The smallest absolute Gasteiger partial charge is 0.109 e. The van der Waals surface area contributed by atoms with Gasteiger partial charge in [-0.05, 0) is 54.8 Å². The molecule has 34 heavy (non-hydrogen) atoms. The summed E-state index contributed by atoms with van der Waals surface area (Å²) >= 11 is 12.5. The number of aliphatic hydroxyl groups is 2. The Kier molecular flexibility index (Phi) is 9.24. The van der Waals surface area contributed by atoms with E-state index in [1.54, 1.807) is 7.11 Å². The van der Waals surface area contributed by atoms with Gasteiger partial charge < -0.3 is 19.7 Å². The normalized spacial score (nSPS) is 27.6. The molecule has 0 unspecified atom stereocenters. The molecular weight excluding hydrogens is 475 g/mol. The molecule has 2 saturated heterocycles. The maximum Gasteiger partial charge on any atom is 0.109 e. The fraction of sp³-hybridized carbons (Fsp3) is 0.538. The van der Waals surface area contributed by atoms with Crippen molar-refractivity contribution in [3.8, 4) is 0 Å². The molecule has 0 aromatic heterocycles. The number of methoxy groups -OCH3 is 1. The molecule has 6 nitrogen and oxygen atoms in total. The maximum atomic E-state index is 11.1. The van der Waals surface area contributed by atoms with Gasteiger partial charge in [0.2, 0.25) is 0 Å². The van der Waals surface area contributed by atoms with Crippen LogP contribution in [0.5, 0.6) is 0 Å². The predicted molar refractivity (Wildman–Crippen MR) is 134 cm³/mol. The quantitative estimate of drug-likeness (QED) is 0.511. The Labute approximate surface area is 212 Å². The van der Waals surface area contributed by atoms with E-state index in [4.69, 9.17) is 32.7 Å². The first kappa shape index (κ1) is 25.9. The standard InChI is InChI=1S/C26H34Cl2N2O4/c1-33-17-22-9-4-10-30(22)25-23(34-24(16-31)26(25)32)15-29(13-18-5-2-7-20(27)11-18)14-19-6-3-8-21(28)12-19/h2-3,5-8,11-12,22-26,31-32H,4,9-10,13-17H2,1H3/t22-,23+,24-,25+,26+/m0/s1. The minimum Gasteiger partial charge on any atom is -0.394 e. The van der Waals surface area contributed by atoms with Gasteiger partial charge in [-0.25, -0.2) is 0 Å². The van der Waals surface area contributed by atoms with Gasteiger partial charge in [0.05, 0.1) is 25.4 Å². The van der Waals surface area contributed by atoms with Gasteiger partial charge in [-0.2, -0.15) is 0 Å². The van der Waals surface area contributed by atoms with Crippen molar-refractivity contribution in [1.82, 2.24) is 9.80 Å². The Morgan fingerprint density at radius 1 is 1.06 bits per heavy atom. The summed E-state index contributed by atoms with van der Waals surface area (Å²) in [5, 5.41) is 22.4. The molecule has 2 aliphatic heterocycles. The highest BCUT2D eigenvalue weighted by Crippen LogP contribution is 2.32. The lowest BCUT2D eigenvalue weighted by atomic mass is 10.0. The van der Waals surface area contributed by atoms with Crippen LogP contribution in [0.1, 0.15) is 24.0 Å². The van der Waals surface area contributed by atoms with E-state index in [-0.39, 0.29) is 24.8 Å². The topological polar surface area (TPSA) is 65.4 Å². The first-order valence-electron chi connectivity index (χ1n) is 11.9. The second kappa shape index (κ2) is 12.2. The number of benzene rings is 2. The van der Waals surface area contributed by atoms with Crippen LogP contribution >= 0.6 is 23.2 Å². The lowest BCUT2D eigenvalue weighted by Crippen LogP contribution is -2.53. The zero-order valence-electron chi connectivity index (χ0n) is 19.5. The molecule has 0 amide bonds. The molecule has 186 valence electrons. The van der Waals surface area contributed by atoms with Crippen LogP contribution in [0.2, 0.25) is 10.0 Å². The van der Waals surface area contributed by atoms with Crippen LogP contribution in [0, 0.1) is 0 Å². The fourth-order valence-corrected chi connectivity index (χ4v) is 5.81. The molecule has 0 radical (unpaired) electrons. The van der Waals surface area contributed by atoms with Crippen molar-refractivity contribution in [3.05, 3.63) is 69.7 Å². The van der Waals surface area contributed by atoms with Gasteiger partial charge in [-0.15, -0.1) is 0 Å². The molecule has 0 aliphatic carbocycles. The first-order valence-corrected chi connectivity index (χ1v) is 12.6. The second-order valence-corrected chi connectivity index (χ2v) is 10.2. The molecule has 0 saturated carbocycles. The number of ether oxygens (including phenoxy) is 2. The molecular formula is C26H34Cl2N2O4. The van der Waals surface area contributed by atoms with Crippen LogP contribution in [0.15, 0.2) is 48.5 Å². The molecule has 2 aromatic rings. The summed E-state index contributed by atoms with van der Waals surface area (Å²) in [7, 11) is 1.71. The van der Waals surface area contributed by atoms with Crippen LogP contribution in [0.25, 0.3) is 0 Å². The summed E-state index contributed by atoms with van der Waals surface area (Å²) in [5.41, 5.74) is 2.20. The van der Waals surface area contributed by atoms with Crippen LogP contribution in [-0.4, -0.2) is 83.8 Å². The van der Waals surface area contributed by atoms with Crippen molar-refractivity contribution in [1.29, 1.82) is 0 Å². The average Bonchev–Trinajstić information content (AvgIpc) is 3.37. The third-order valence-corrected chi connectivity index (χ3v) is 7.30. The Balaban J connectivity index is 1.58. The third kappa shape index (κ3) is 6.31. The van der Waals surface area contributed by atoms with E-state index in [1.165, 1.54) is 0 Å². The summed E-state index contributed by atoms with van der Waals surface area (Å²) < 4.78 is 11.7. The van der Waals surface area contributed by atoms with E-state index in [9.17, 15) is 10.2 Å².